The average Bonchev–Trinajstić information content (AvgIpc) is 2.85. The van der Waals surface area contributed by atoms with Gasteiger partial charge in [0, 0.05) is 10.6 Å². The van der Waals surface area contributed by atoms with Crippen molar-refractivity contribution >= 4 is 63.2 Å². The number of nitrogens with zero attached hydrogens (tertiary/aromatic N) is 1. The monoisotopic (exact) mass is 503 g/mol. The molecule has 1 aliphatic rings. The SMILES string of the molecule is COc1ccc(/C=C2\SC(=O)N(Cc3c(F)cccc3Cl)C2=O)cc1I. The van der Waals surface area contributed by atoms with Gasteiger partial charge in [0.1, 0.15) is 11.6 Å². The van der Waals surface area contributed by atoms with Crippen LogP contribution in [-0.2, 0) is 11.3 Å². The predicted octanol–water partition coefficient (Wildman–Crippen LogP) is 5.33. The minimum absolute atomic E-state index is 0.122. The van der Waals surface area contributed by atoms with Crippen LogP contribution < -0.4 is 4.74 Å². The van der Waals surface area contributed by atoms with Crippen molar-refractivity contribution in [2.24, 2.45) is 0 Å². The van der Waals surface area contributed by atoms with E-state index in [-0.39, 0.29) is 22.0 Å². The molecule has 8 heteroatoms. The van der Waals surface area contributed by atoms with Crippen LogP contribution in [0.25, 0.3) is 6.08 Å². The second-order valence-corrected chi connectivity index (χ2v) is 7.92. The lowest BCUT2D eigenvalue weighted by Crippen LogP contribution is -2.28. The van der Waals surface area contributed by atoms with Crippen LogP contribution in [0, 0.1) is 9.39 Å². The molecule has 2 aromatic carbocycles. The molecule has 0 spiro atoms. The Balaban J connectivity index is 1.86. The number of imide groups is 1. The van der Waals surface area contributed by atoms with Crippen molar-refractivity contribution in [3.05, 3.63) is 66.8 Å². The number of thioether (sulfide) groups is 1. The Bertz CT molecular complexity index is 914. The summed E-state index contributed by atoms with van der Waals surface area (Å²) in [6.45, 7) is -0.201. The Kier molecular flexibility index (Phi) is 5.89. The molecule has 0 atom stereocenters. The van der Waals surface area contributed by atoms with Gasteiger partial charge in [-0.2, -0.15) is 0 Å². The van der Waals surface area contributed by atoms with E-state index in [9.17, 15) is 14.0 Å². The topological polar surface area (TPSA) is 46.6 Å². The van der Waals surface area contributed by atoms with Crippen LogP contribution in [0.4, 0.5) is 9.18 Å². The summed E-state index contributed by atoms with van der Waals surface area (Å²) in [5.41, 5.74) is 0.890. The minimum atomic E-state index is -0.551. The van der Waals surface area contributed by atoms with Gasteiger partial charge in [0.05, 0.1) is 22.1 Å². The molecule has 0 radical (unpaired) electrons. The molecule has 1 saturated heterocycles. The number of carbonyl (C=O) groups excluding carboxylic acids is 2. The Labute approximate surface area is 172 Å². The molecule has 4 nitrogen and oxygen atoms in total. The lowest BCUT2D eigenvalue weighted by Gasteiger charge is -2.14. The highest BCUT2D eigenvalue weighted by Gasteiger charge is 2.35. The van der Waals surface area contributed by atoms with Crippen LogP contribution in [0.3, 0.4) is 0 Å². The molecule has 1 aliphatic heterocycles. The number of ether oxygens (including phenoxy) is 1. The fourth-order valence-electron chi connectivity index (χ4n) is 2.40. The standard InChI is InChI=1S/C18H12ClFINO3S/c1-25-15-6-5-10(7-14(15)21)8-16-17(23)22(18(24)26-16)9-11-12(19)3-2-4-13(11)20/h2-8H,9H2,1H3/b16-8-. The van der Waals surface area contributed by atoms with E-state index >= 15 is 0 Å². The van der Waals surface area contributed by atoms with Gasteiger partial charge in [-0.05, 0) is 70.3 Å². The van der Waals surface area contributed by atoms with Gasteiger partial charge in [-0.3, -0.25) is 14.5 Å². The number of hydrogen-bond donors (Lipinski definition) is 0. The predicted molar refractivity (Wildman–Crippen MR) is 109 cm³/mol. The van der Waals surface area contributed by atoms with Gasteiger partial charge in [-0.25, -0.2) is 4.39 Å². The first-order valence-corrected chi connectivity index (χ1v) is 9.70. The summed E-state index contributed by atoms with van der Waals surface area (Å²) in [4.78, 5) is 26.1. The highest BCUT2D eigenvalue weighted by Crippen LogP contribution is 2.35. The van der Waals surface area contributed by atoms with Crippen LogP contribution >= 0.6 is 46.0 Å². The van der Waals surface area contributed by atoms with Crippen molar-refractivity contribution < 1.29 is 18.7 Å². The molecule has 2 amide bonds. The molecule has 0 aromatic heterocycles. The number of carbonyl (C=O) groups is 2. The maximum atomic E-state index is 14.0. The smallest absolute Gasteiger partial charge is 0.293 e. The first kappa shape index (κ1) is 19.2. The number of hydrogen-bond acceptors (Lipinski definition) is 4. The molecule has 134 valence electrons. The van der Waals surface area contributed by atoms with E-state index in [1.54, 1.807) is 25.3 Å². The van der Waals surface area contributed by atoms with Gasteiger partial charge in [-0.15, -0.1) is 0 Å². The van der Waals surface area contributed by atoms with Crippen LogP contribution in [0.15, 0.2) is 41.3 Å². The van der Waals surface area contributed by atoms with Gasteiger partial charge < -0.3 is 4.74 Å². The van der Waals surface area contributed by atoms with Gasteiger partial charge >= 0.3 is 0 Å². The van der Waals surface area contributed by atoms with E-state index in [1.807, 2.05) is 6.07 Å². The zero-order chi connectivity index (χ0) is 18.8. The summed E-state index contributed by atoms with van der Waals surface area (Å²) in [6, 6.07) is 9.67. The van der Waals surface area contributed by atoms with E-state index < -0.39 is 17.0 Å². The molecular formula is C18H12ClFINO3S. The number of amides is 2. The third-order valence-electron chi connectivity index (χ3n) is 3.73. The highest BCUT2D eigenvalue weighted by atomic mass is 127. The Hall–Kier alpha value is -1.58. The molecule has 0 bridgehead atoms. The molecule has 1 fully saturated rings. The summed E-state index contributed by atoms with van der Waals surface area (Å²) >= 11 is 8.94. The van der Waals surface area contributed by atoms with Gasteiger partial charge in [0.25, 0.3) is 11.1 Å². The van der Waals surface area contributed by atoms with Gasteiger partial charge in [-0.1, -0.05) is 23.7 Å². The van der Waals surface area contributed by atoms with E-state index in [1.165, 1.54) is 18.2 Å². The van der Waals surface area contributed by atoms with Crippen molar-refractivity contribution in [3.63, 3.8) is 0 Å². The molecular weight excluding hydrogens is 492 g/mol. The fourth-order valence-corrected chi connectivity index (χ4v) is 4.22. The van der Waals surface area contributed by atoms with Crippen molar-refractivity contribution in [3.8, 4) is 5.75 Å². The summed E-state index contributed by atoms with van der Waals surface area (Å²) in [5, 5.41) is -0.276. The lowest BCUT2D eigenvalue weighted by molar-refractivity contribution is -0.123. The minimum Gasteiger partial charge on any atom is -0.496 e. The van der Waals surface area contributed by atoms with Crippen LogP contribution in [-0.4, -0.2) is 23.2 Å². The molecule has 3 rings (SSSR count). The summed E-state index contributed by atoms with van der Waals surface area (Å²) in [6.07, 6.45) is 1.63. The van der Waals surface area contributed by atoms with Crippen molar-refractivity contribution in [2.45, 2.75) is 6.54 Å². The lowest BCUT2D eigenvalue weighted by atomic mass is 10.2. The number of benzene rings is 2. The highest BCUT2D eigenvalue weighted by molar-refractivity contribution is 14.1. The second-order valence-electron chi connectivity index (χ2n) is 5.36. The average molecular weight is 504 g/mol. The first-order valence-electron chi connectivity index (χ1n) is 7.42. The fraction of sp³-hybridized carbons (Fsp3) is 0.111. The zero-order valence-corrected chi connectivity index (χ0v) is 17.2. The third-order valence-corrected chi connectivity index (χ3v) is 5.83. The van der Waals surface area contributed by atoms with Crippen molar-refractivity contribution in [2.75, 3.05) is 7.11 Å². The quantitative estimate of drug-likeness (QED) is 0.418. The van der Waals surface area contributed by atoms with E-state index in [0.717, 1.165) is 31.5 Å². The maximum Gasteiger partial charge on any atom is 0.293 e. The van der Waals surface area contributed by atoms with Gasteiger partial charge in [0.2, 0.25) is 0 Å². The number of rotatable bonds is 4. The Morgan fingerprint density at radius 2 is 2.08 bits per heavy atom. The summed E-state index contributed by atoms with van der Waals surface area (Å²) in [5.74, 6) is -0.291. The van der Waals surface area contributed by atoms with Crippen LogP contribution in [0.5, 0.6) is 5.75 Å². The molecule has 2 aromatic rings. The van der Waals surface area contributed by atoms with Crippen LogP contribution in [0.2, 0.25) is 5.02 Å². The second kappa shape index (κ2) is 7.98. The normalized spacial score (nSPS) is 15.8. The Morgan fingerprint density at radius 3 is 2.73 bits per heavy atom. The van der Waals surface area contributed by atoms with Crippen molar-refractivity contribution in [1.29, 1.82) is 0 Å². The van der Waals surface area contributed by atoms with Crippen LogP contribution in [0.1, 0.15) is 11.1 Å². The van der Waals surface area contributed by atoms with E-state index in [2.05, 4.69) is 22.6 Å². The largest absolute Gasteiger partial charge is 0.496 e. The molecule has 0 saturated carbocycles. The maximum absolute atomic E-state index is 14.0. The Morgan fingerprint density at radius 1 is 1.31 bits per heavy atom. The van der Waals surface area contributed by atoms with Gasteiger partial charge in [0.15, 0.2) is 0 Å². The van der Waals surface area contributed by atoms with Crippen molar-refractivity contribution in [1.82, 2.24) is 4.90 Å². The molecule has 0 unspecified atom stereocenters. The summed E-state index contributed by atoms with van der Waals surface area (Å²) in [7, 11) is 1.58. The van der Waals surface area contributed by atoms with E-state index in [4.69, 9.17) is 16.3 Å². The summed E-state index contributed by atoms with van der Waals surface area (Å²) < 4.78 is 20.0. The van der Waals surface area contributed by atoms with E-state index in [0.29, 0.717) is 0 Å². The molecule has 1 heterocycles. The molecule has 0 aliphatic carbocycles. The molecule has 0 N–H and O–H groups in total. The number of halogens is 3. The third kappa shape index (κ3) is 3.89. The number of methoxy groups -OCH3 is 1. The first-order chi connectivity index (χ1) is 12.4. The molecule has 26 heavy (non-hydrogen) atoms. The zero-order valence-electron chi connectivity index (χ0n) is 13.5.